The van der Waals surface area contributed by atoms with Crippen LogP contribution in [0.5, 0.6) is 0 Å². The summed E-state index contributed by atoms with van der Waals surface area (Å²) in [7, 11) is 0. The average Bonchev–Trinajstić information content (AvgIpc) is 3.08. The molecule has 0 aliphatic carbocycles. The fourth-order valence-corrected chi connectivity index (χ4v) is 3.96. The second kappa shape index (κ2) is 5.66. The number of fused-ring (bicyclic) bond motifs is 3. The molecule has 4 rings (SSSR count). The second-order valence-corrected chi connectivity index (χ2v) is 7.59. The van der Waals surface area contributed by atoms with Crippen LogP contribution < -0.4 is 5.32 Å². The third-order valence-electron chi connectivity index (χ3n) is 5.11. The molecule has 2 aromatic carbocycles. The molecule has 1 fully saturated rings. The minimum atomic E-state index is -0.0613. The maximum atomic E-state index is 12.6. The van der Waals surface area contributed by atoms with Gasteiger partial charge in [0.2, 0.25) is 5.91 Å². The van der Waals surface area contributed by atoms with Crippen LogP contribution in [0, 0.1) is 0 Å². The monoisotopic (exact) mass is 320 g/mol. The van der Waals surface area contributed by atoms with Gasteiger partial charge in [-0.05, 0) is 49.4 Å². The number of benzene rings is 2. The first kappa shape index (κ1) is 15.3. The topological polar surface area (TPSA) is 32.3 Å². The van der Waals surface area contributed by atoms with Crippen LogP contribution in [0.3, 0.4) is 0 Å². The Hall–Kier alpha value is -2.29. The van der Waals surface area contributed by atoms with Crippen molar-refractivity contribution in [3.05, 3.63) is 53.6 Å². The summed E-state index contributed by atoms with van der Waals surface area (Å²) in [5, 5.41) is 6.14. The third kappa shape index (κ3) is 2.68. The molecule has 3 nitrogen and oxygen atoms in total. The molecule has 0 atom stereocenters. The highest BCUT2D eigenvalue weighted by atomic mass is 16.2. The number of amides is 1. The number of likely N-dealkylation sites (tertiary alicyclic amines) is 1. The van der Waals surface area contributed by atoms with E-state index in [1.807, 2.05) is 4.90 Å². The van der Waals surface area contributed by atoms with E-state index in [1.54, 1.807) is 6.08 Å². The average molecular weight is 320 g/mol. The van der Waals surface area contributed by atoms with E-state index in [4.69, 9.17) is 0 Å². The summed E-state index contributed by atoms with van der Waals surface area (Å²) in [4.78, 5) is 14.6. The Morgan fingerprint density at radius 3 is 2.67 bits per heavy atom. The predicted molar refractivity (Wildman–Crippen MR) is 98.7 cm³/mol. The van der Waals surface area contributed by atoms with Crippen molar-refractivity contribution in [2.24, 2.45) is 0 Å². The number of carbonyl (C=O) groups is 1. The van der Waals surface area contributed by atoms with Gasteiger partial charge in [0.15, 0.2) is 0 Å². The standard InChI is InChI=1S/C21H24N2O/c1-21(2)14-18-16-8-4-3-7-15(16)9-10-17(18)19(22-21)13-20(24)23-11-5-6-12-23/h3-4,7-10,13,22H,5-6,11-12,14H2,1-2H3/b19-13-. The molecular weight excluding hydrogens is 296 g/mol. The molecule has 1 amide bonds. The molecule has 3 heteroatoms. The molecule has 0 saturated carbocycles. The first-order valence-electron chi connectivity index (χ1n) is 8.83. The van der Waals surface area contributed by atoms with Crippen molar-refractivity contribution in [1.29, 1.82) is 0 Å². The fourth-order valence-electron chi connectivity index (χ4n) is 3.96. The maximum absolute atomic E-state index is 12.6. The van der Waals surface area contributed by atoms with E-state index in [-0.39, 0.29) is 11.4 Å². The Kier molecular flexibility index (Phi) is 3.60. The minimum absolute atomic E-state index is 0.0613. The lowest BCUT2D eigenvalue weighted by Crippen LogP contribution is -2.44. The van der Waals surface area contributed by atoms with E-state index in [1.165, 1.54) is 21.9 Å². The Labute approximate surface area is 143 Å². The lowest BCUT2D eigenvalue weighted by Gasteiger charge is -2.36. The van der Waals surface area contributed by atoms with Crippen LogP contribution in [0.2, 0.25) is 0 Å². The van der Waals surface area contributed by atoms with Gasteiger partial charge in [0, 0.05) is 36.0 Å². The van der Waals surface area contributed by atoms with Gasteiger partial charge in [-0.25, -0.2) is 0 Å². The van der Waals surface area contributed by atoms with E-state index in [0.717, 1.165) is 38.0 Å². The third-order valence-corrected chi connectivity index (χ3v) is 5.11. The van der Waals surface area contributed by atoms with Crippen molar-refractivity contribution in [3.8, 4) is 0 Å². The van der Waals surface area contributed by atoms with E-state index >= 15 is 0 Å². The molecule has 1 saturated heterocycles. The largest absolute Gasteiger partial charge is 0.379 e. The highest BCUT2D eigenvalue weighted by molar-refractivity contribution is 5.98. The van der Waals surface area contributed by atoms with E-state index in [9.17, 15) is 4.79 Å². The smallest absolute Gasteiger partial charge is 0.248 e. The van der Waals surface area contributed by atoms with Gasteiger partial charge in [-0.3, -0.25) is 4.79 Å². The van der Waals surface area contributed by atoms with Crippen LogP contribution >= 0.6 is 0 Å². The summed E-state index contributed by atoms with van der Waals surface area (Å²) in [6.45, 7) is 6.17. The number of hydrogen-bond acceptors (Lipinski definition) is 2. The summed E-state index contributed by atoms with van der Waals surface area (Å²) in [5.41, 5.74) is 3.41. The highest BCUT2D eigenvalue weighted by Gasteiger charge is 2.29. The van der Waals surface area contributed by atoms with Gasteiger partial charge in [0.1, 0.15) is 0 Å². The normalized spacial score (nSPS) is 20.9. The lowest BCUT2D eigenvalue weighted by atomic mass is 9.83. The summed E-state index contributed by atoms with van der Waals surface area (Å²) in [5.74, 6) is 0.131. The van der Waals surface area contributed by atoms with Crippen molar-refractivity contribution in [2.75, 3.05) is 13.1 Å². The van der Waals surface area contributed by atoms with Crippen LogP contribution in [0.4, 0.5) is 0 Å². The van der Waals surface area contributed by atoms with E-state index < -0.39 is 0 Å². The van der Waals surface area contributed by atoms with Crippen LogP contribution in [0.25, 0.3) is 16.5 Å². The van der Waals surface area contributed by atoms with Gasteiger partial charge in [-0.2, -0.15) is 0 Å². The van der Waals surface area contributed by atoms with Crippen molar-refractivity contribution >= 4 is 22.4 Å². The Morgan fingerprint density at radius 2 is 1.88 bits per heavy atom. The van der Waals surface area contributed by atoms with Gasteiger partial charge in [0.25, 0.3) is 0 Å². The predicted octanol–water partition coefficient (Wildman–Crippen LogP) is 3.73. The van der Waals surface area contributed by atoms with Gasteiger partial charge >= 0.3 is 0 Å². The van der Waals surface area contributed by atoms with Crippen molar-refractivity contribution in [1.82, 2.24) is 10.2 Å². The van der Waals surface area contributed by atoms with Gasteiger partial charge in [-0.1, -0.05) is 36.4 Å². The fraction of sp³-hybridized carbons (Fsp3) is 0.381. The molecule has 0 radical (unpaired) electrons. The molecule has 2 aromatic rings. The first-order chi connectivity index (χ1) is 11.5. The Balaban J connectivity index is 1.82. The molecule has 0 spiro atoms. The van der Waals surface area contributed by atoms with Crippen molar-refractivity contribution in [2.45, 2.75) is 38.6 Å². The van der Waals surface area contributed by atoms with Crippen molar-refractivity contribution in [3.63, 3.8) is 0 Å². The summed E-state index contributed by atoms with van der Waals surface area (Å²) >= 11 is 0. The Bertz CT molecular complexity index is 829. The van der Waals surface area contributed by atoms with Crippen LogP contribution in [-0.2, 0) is 11.2 Å². The van der Waals surface area contributed by atoms with Crippen LogP contribution in [-0.4, -0.2) is 29.4 Å². The van der Waals surface area contributed by atoms with Gasteiger partial charge < -0.3 is 10.2 Å². The number of nitrogens with one attached hydrogen (secondary N) is 1. The second-order valence-electron chi connectivity index (χ2n) is 7.59. The quantitative estimate of drug-likeness (QED) is 0.812. The highest BCUT2D eigenvalue weighted by Crippen LogP contribution is 2.34. The molecule has 2 aliphatic heterocycles. The number of nitrogens with zero attached hydrogens (tertiary/aromatic N) is 1. The van der Waals surface area contributed by atoms with Gasteiger partial charge in [-0.15, -0.1) is 0 Å². The zero-order valence-electron chi connectivity index (χ0n) is 14.4. The zero-order chi connectivity index (χ0) is 16.7. The number of hydrogen-bond donors (Lipinski definition) is 1. The molecule has 24 heavy (non-hydrogen) atoms. The molecule has 0 aromatic heterocycles. The lowest BCUT2D eigenvalue weighted by molar-refractivity contribution is -0.124. The molecule has 2 heterocycles. The Morgan fingerprint density at radius 1 is 1.12 bits per heavy atom. The summed E-state index contributed by atoms with van der Waals surface area (Å²) in [6.07, 6.45) is 5.00. The van der Waals surface area contributed by atoms with E-state index in [2.05, 4.69) is 55.6 Å². The minimum Gasteiger partial charge on any atom is -0.379 e. The summed E-state index contributed by atoms with van der Waals surface area (Å²) < 4.78 is 0. The first-order valence-corrected chi connectivity index (χ1v) is 8.83. The number of carbonyl (C=O) groups excluding carboxylic acids is 1. The van der Waals surface area contributed by atoms with Crippen LogP contribution in [0.1, 0.15) is 37.8 Å². The van der Waals surface area contributed by atoms with Crippen LogP contribution in [0.15, 0.2) is 42.5 Å². The van der Waals surface area contributed by atoms with Crippen molar-refractivity contribution < 1.29 is 4.79 Å². The molecule has 0 bridgehead atoms. The van der Waals surface area contributed by atoms with Gasteiger partial charge in [0.05, 0.1) is 0 Å². The molecule has 0 unspecified atom stereocenters. The maximum Gasteiger partial charge on any atom is 0.248 e. The molecular formula is C21H24N2O. The molecule has 1 N–H and O–H groups in total. The number of rotatable bonds is 1. The zero-order valence-corrected chi connectivity index (χ0v) is 14.4. The summed E-state index contributed by atoms with van der Waals surface area (Å²) in [6, 6.07) is 12.8. The SMILES string of the molecule is CC1(C)Cc2c(ccc3ccccc23)/C(=C/C(=O)N2CCCC2)N1. The van der Waals surface area contributed by atoms with E-state index in [0.29, 0.717) is 0 Å². The molecule has 2 aliphatic rings. The molecule has 124 valence electrons.